The van der Waals surface area contributed by atoms with Gasteiger partial charge in [0, 0.05) is 30.4 Å². The Morgan fingerprint density at radius 3 is 2.73 bits per heavy atom. The fraction of sp³-hybridized carbons (Fsp3) is 0.389. The molecule has 22 heavy (non-hydrogen) atoms. The van der Waals surface area contributed by atoms with E-state index in [4.69, 9.17) is 0 Å². The summed E-state index contributed by atoms with van der Waals surface area (Å²) in [7, 11) is 0. The fourth-order valence-electron chi connectivity index (χ4n) is 2.12. The zero-order valence-electron chi connectivity index (χ0n) is 13.3. The highest BCUT2D eigenvalue weighted by Gasteiger charge is 2.05. The quantitative estimate of drug-likeness (QED) is 0.727. The molecule has 2 N–H and O–H groups in total. The summed E-state index contributed by atoms with van der Waals surface area (Å²) < 4.78 is 0. The van der Waals surface area contributed by atoms with Crippen molar-refractivity contribution < 1.29 is 4.79 Å². The Kier molecular flexibility index (Phi) is 6.62. The molecular weight excluding hydrogens is 292 g/mol. The van der Waals surface area contributed by atoms with E-state index in [1.165, 1.54) is 16.0 Å². The van der Waals surface area contributed by atoms with Crippen molar-refractivity contribution in [3.63, 3.8) is 0 Å². The first-order valence-corrected chi connectivity index (χ1v) is 8.70. The van der Waals surface area contributed by atoms with Gasteiger partial charge in [-0.3, -0.25) is 4.79 Å². The lowest BCUT2D eigenvalue weighted by atomic mass is 10.1. The molecule has 0 spiro atoms. The summed E-state index contributed by atoms with van der Waals surface area (Å²) >= 11 is 1.75. The number of carbonyl (C=O) groups is 1. The van der Waals surface area contributed by atoms with Gasteiger partial charge < -0.3 is 10.6 Å². The maximum atomic E-state index is 11.7. The van der Waals surface area contributed by atoms with Crippen molar-refractivity contribution in [2.75, 3.05) is 6.54 Å². The van der Waals surface area contributed by atoms with Crippen LogP contribution < -0.4 is 10.6 Å². The molecule has 0 aliphatic rings. The van der Waals surface area contributed by atoms with Crippen molar-refractivity contribution in [3.05, 3.63) is 46.7 Å². The number of hydrogen-bond acceptors (Lipinski definition) is 3. The van der Waals surface area contributed by atoms with Crippen LogP contribution in [0.4, 0.5) is 0 Å². The summed E-state index contributed by atoms with van der Waals surface area (Å²) in [6.45, 7) is 5.63. The topological polar surface area (TPSA) is 41.1 Å². The molecule has 0 saturated carbocycles. The smallest absolute Gasteiger partial charge is 0.221 e. The fourth-order valence-corrected chi connectivity index (χ4v) is 2.98. The summed E-state index contributed by atoms with van der Waals surface area (Å²) in [6.07, 6.45) is 1.50. The number of nitrogens with one attached hydrogen (secondary N) is 2. The van der Waals surface area contributed by atoms with Crippen LogP contribution in [0.3, 0.4) is 0 Å². The molecule has 1 aromatic carbocycles. The summed E-state index contributed by atoms with van der Waals surface area (Å²) in [6, 6.07) is 12.9. The second kappa shape index (κ2) is 8.71. The normalized spacial score (nSPS) is 12.1. The van der Waals surface area contributed by atoms with Gasteiger partial charge in [-0.25, -0.2) is 0 Å². The Labute approximate surface area is 136 Å². The molecule has 4 heteroatoms. The van der Waals surface area contributed by atoms with E-state index in [9.17, 15) is 4.79 Å². The Hall–Kier alpha value is -1.65. The molecule has 0 saturated heterocycles. The monoisotopic (exact) mass is 316 g/mol. The Balaban J connectivity index is 1.72. The third-order valence-corrected chi connectivity index (χ3v) is 4.55. The first-order chi connectivity index (χ1) is 10.7. The average molecular weight is 316 g/mol. The standard InChI is InChI=1S/C18H24N2OS/c1-3-14(2)20-18(21)9-10-19-12-17-11-16(13-22-17)15-7-5-4-6-8-15/h4-8,11,13-14,19H,3,9-10,12H2,1-2H3,(H,20,21). The number of hydrogen-bond donors (Lipinski definition) is 2. The van der Waals surface area contributed by atoms with Crippen molar-refractivity contribution in [3.8, 4) is 11.1 Å². The molecule has 0 bridgehead atoms. The van der Waals surface area contributed by atoms with Crippen LogP contribution in [0, 0.1) is 0 Å². The number of benzene rings is 1. The summed E-state index contributed by atoms with van der Waals surface area (Å²) in [5.41, 5.74) is 2.51. The molecule has 118 valence electrons. The second-order valence-electron chi connectivity index (χ2n) is 5.47. The van der Waals surface area contributed by atoms with E-state index in [-0.39, 0.29) is 11.9 Å². The van der Waals surface area contributed by atoms with Crippen molar-refractivity contribution in [2.45, 2.75) is 39.3 Å². The van der Waals surface area contributed by atoms with Crippen LogP contribution in [0.2, 0.25) is 0 Å². The number of thiophene rings is 1. The highest BCUT2D eigenvalue weighted by atomic mass is 32.1. The van der Waals surface area contributed by atoms with Gasteiger partial charge in [-0.1, -0.05) is 37.3 Å². The van der Waals surface area contributed by atoms with Gasteiger partial charge in [-0.2, -0.15) is 0 Å². The van der Waals surface area contributed by atoms with Gasteiger partial charge >= 0.3 is 0 Å². The molecule has 0 aliphatic carbocycles. The van der Waals surface area contributed by atoms with Gasteiger partial charge in [0.05, 0.1) is 0 Å². The molecule has 2 rings (SSSR count). The maximum Gasteiger partial charge on any atom is 0.221 e. The number of rotatable bonds is 8. The predicted molar refractivity (Wildman–Crippen MR) is 94.0 cm³/mol. The Morgan fingerprint density at radius 2 is 2.00 bits per heavy atom. The largest absolute Gasteiger partial charge is 0.354 e. The van der Waals surface area contributed by atoms with Crippen molar-refractivity contribution >= 4 is 17.2 Å². The van der Waals surface area contributed by atoms with Gasteiger partial charge in [0.15, 0.2) is 0 Å². The van der Waals surface area contributed by atoms with E-state index in [0.29, 0.717) is 13.0 Å². The lowest BCUT2D eigenvalue weighted by molar-refractivity contribution is -0.121. The highest BCUT2D eigenvalue weighted by molar-refractivity contribution is 7.10. The molecule has 2 aromatic rings. The zero-order chi connectivity index (χ0) is 15.8. The van der Waals surface area contributed by atoms with E-state index >= 15 is 0 Å². The lowest BCUT2D eigenvalue weighted by Gasteiger charge is -2.11. The molecule has 1 heterocycles. The second-order valence-corrected chi connectivity index (χ2v) is 6.47. The molecule has 3 nitrogen and oxygen atoms in total. The van der Waals surface area contributed by atoms with E-state index in [1.54, 1.807) is 11.3 Å². The maximum absolute atomic E-state index is 11.7. The van der Waals surface area contributed by atoms with E-state index in [1.807, 2.05) is 13.0 Å². The van der Waals surface area contributed by atoms with Crippen LogP contribution in [0.1, 0.15) is 31.6 Å². The van der Waals surface area contributed by atoms with Gasteiger partial charge in [-0.15, -0.1) is 11.3 Å². The SMILES string of the molecule is CCC(C)NC(=O)CCNCc1cc(-c2ccccc2)cs1. The Morgan fingerprint density at radius 1 is 1.23 bits per heavy atom. The van der Waals surface area contributed by atoms with Crippen molar-refractivity contribution in [2.24, 2.45) is 0 Å². The predicted octanol–water partition coefficient (Wildman–Crippen LogP) is 3.81. The van der Waals surface area contributed by atoms with Crippen LogP contribution in [0.25, 0.3) is 11.1 Å². The molecule has 0 aliphatic heterocycles. The average Bonchev–Trinajstić information content (AvgIpc) is 3.01. The number of carbonyl (C=O) groups excluding carboxylic acids is 1. The van der Waals surface area contributed by atoms with Crippen LogP contribution >= 0.6 is 11.3 Å². The minimum absolute atomic E-state index is 0.123. The van der Waals surface area contributed by atoms with Gasteiger partial charge in [0.1, 0.15) is 0 Å². The number of amides is 1. The molecule has 1 aromatic heterocycles. The molecule has 0 radical (unpaired) electrons. The minimum atomic E-state index is 0.123. The lowest BCUT2D eigenvalue weighted by Crippen LogP contribution is -2.33. The zero-order valence-corrected chi connectivity index (χ0v) is 14.1. The van der Waals surface area contributed by atoms with Gasteiger partial charge in [-0.05, 0) is 35.9 Å². The van der Waals surface area contributed by atoms with E-state index in [0.717, 1.165) is 13.0 Å². The van der Waals surface area contributed by atoms with E-state index in [2.05, 4.69) is 53.3 Å². The van der Waals surface area contributed by atoms with Crippen LogP contribution in [0.5, 0.6) is 0 Å². The molecular formula is C18H24N2OS. The summed E-state index contributed by atoms with van der Waals surface area (Å²) in [5, 5.41) is 8.50. The van der Waals surface area contributed by atoms with Gasteiger partial charge in [0.25, 0.3) is 0 Å². The summed E-state index contributed by atoms with van der Waals surface area (Å²) in [5.74, 6) is 0.123. The highest BCUT2D eigenvalue weighted by Crippen LogP contribution is 2.25. The first kappa shape index (κ1) is 16.7. The first-order valence-electron chi connectivity index (χ1n) is 7.82. The summed E-state index contributed by atoms with van der Waals surface area (Å²) in [4.78, 5) is 13.0. The van der Waals surface area contributed by atoms with Crippen LogP contribution in [0.15, 0.2) is 41.8 Å². The van der Waals surface area contributed by atoms with Gasteiger partial charge in [0.2, 0.25) is 5.91 Å². The Bertz CT molecular complexity index is 580. The third-order valence-electron chi connectivity index (χ3n) is 3.61. The molecule has 1 atom stereocenters. The minimum Gasteiger partial charge on any atom is -0.354 e. The van der Waals surface area contributed by atoms with Crippen molar-refractivity contribution in [1.82, 2.24) is 10.6 Å². The van der Waals surface area contributed by atoms with Crippen LogP contribution in [-0.4, -0.2) is 18.5 Å². The molecule has 0 fully saturated rings. The molecule has 1 amide bonds. The molecule has 1 unspecified atom stereocenters. The van der Waals surface area contributed by atoms with Crippen LogP contribution in [-0.2, 0) is 11.3 Å². The third kappa shape index (κ3) is 5.28. The van der Waals surface area contributed by atoms with Crippen molar-refractivity contribution in [1.29, 1.82) is 0 Å². The van der Waals surface area contributed by atoms with E-state index < -0.39 is 0 Å².